The van der Waals surface area contributed by atoms with Crippen LogP contribution in [-0.4, -0.2) is 120 Å². The molecule has 6 heterocycles. The average molecular weight is 1740 g/mol. The van der Waals surface area contributed by atoms with Crippen LogP contribution in [0.3, 0.4) is 0 Å². The Kier molecular flexibility index (Phi) is 20.8. The van der Waals surface area contributed by atoms with E-state index < -0.39 is 23.6 Å². The van der Waals surface area contributed by atoms with Crippen LogP contribution in [0.4, 0.5) is 22.7 Å². The Morgan fingerprint density at radius 2 is 0.603 bits per heavy atom. The van der Waals surface area contributed by atoms with Crippen molar-refractivity contribution in [2.45, 2.75) is 241 Å². The Hall–Kier alpha value is -13.0. The van der Waals surface area contributed by atoms with Gasteiger partial charge in [0.05, 0.1) is 46.9 Å². The van der Waals surface area contributed by atoms with E-state index in [1.54, 1.807) is 9.80 Å². The number of hydrogen-bond donors (Lipinski definition) is 0. The minimum absolute atomic E-state index is 0.170. The highest BCUT2D eigenvalue weighted by molar-refractivity contribution is 6.48. The molecule has 0 unspecified atom stereocenters. The summed E-state index contributed by atoms with van der Waals surface area (Å²) < 4.78 is 28.6. The van der Waals surface area contributed by atoms with Gasteiger partial charge >= 0.3 is 0 Å². The van der Waals surface area contributed by atoms with Crippen LogP contribution in [0.25, 0.3) is 86.2 Å². The number of para-hydroxylation sites is 2. The molecule has 0 radical (unpaired) electrons. The van der Waals surface area contributed by atoms with E-state index >= 15 is 38.4 Å². The molecule has 1 saturated carbocycles. The number of benzene rings is 14. The van der Waals surface area contributed by atoms with Gasteiger partial charge in [-0.2, -0.15) is 0 Å². The Morgan fingerprint density at radius 1 is 0.298 bits per heavy atom. The molecule has 18 heteroatoms. The molecule has 2 saturated heterocycles. The number of amides is 8. The van der Waals surface area contributed by atoms with Gasteiger partial charge in [-0.1, -0.05) is 144 Å². The first-order chi connectivity index (χ1) is 63.5. The SMILES string of the molecule is CCCCCC(CCCCC)N1C(=O)c2ccc3c4ccc5c6c(ccc(c7ccc(c2c37)C1=O)c64)C(=O)N(c1cc2c(OC(C)C)c(c1)Cc1cccc(c1OC(C)C)Cc1cc(N3C(=O)c4ccc6c7c(N8CCCC8)cc8c9c(ccc(c%10c(N%11CCCC%11)cc(c4c6%10)C3=O)c97)C(=O)N(C3CCCCC3)C8=O)cc(c1OC(C)C)Cc1cccc(c1OC(C)C)C2)C5=O. The second-order valence-electron chi connectivity index (χ2n) is 39.1. The maximum atomic E-state index is 16.9. The van der Waals surface area contributed by atoms with Gasteiger partial charge in [-0.25, -0.2) is 9.80 Å². The molecule has 8 amide bonds. The number of ether oxygens (including phenoxy) is 4. The van der Waals surface area contributed by atoms with E-state index in [0.29, 0.717) is 123 Å². The van der Waals surface area contributed by atoms with Gasteiger partial charge in [0.1, 0.15) is 23.0 Å². The predicted molar refractivity (Wildman–Crippen MR) is 520 cm³/mol. The number of carbonyl (C=O) groups is 8. The van der Waals surface area contributed by atoms with Crippen LogP contribution >= 0.6 is 0 Å². The molecule has 664 valence electrons. The zero-order valence-corrected chi connectivity index (χ0v) is 76.6. The van der Waals surface area contributed by atoms with Crippen LogP contribution in [0.1, 0.15) is 306 Å². The highest BCUT2D eigenvalue weighted by Crippen LogP contribution is 2.56. The fourth-order valence-electron chi connectivity index (χ4n) is 23.7. The number of anilines is 4. The van der Waals surface area contributed by atoms with Crippen molar-refractivity contribution in [3.05, 3.63) is 235 Å². The van der Waals surface area contributed by atoms with Crippen LogP contribution < -0.4 is 38.5 Å². The third-order valence-corrected chi connectivity index (χ3v) is 29.2. The van der Waals surface area contributed by atoms with Crippen LogP contribution in [0, 0.1) is 0 Å². The van der Waals surface area contributed by atoms with Crippen molar-refractivity contribution in [3.63, 3.8) is 0 Å². The van der Waals surface area contributed by atoms with Crippen molar-refractivity contribution in [1.29, 1.82) is 0 Å². The van der Waals surface area contributed by atoms with E-state index in [9.17, 15) is 0 Å². The number of rotatable bonds is 22. The molecule has 22 rings (SSSR count). The maximum absolute atomic E-state index is 16.9. The molecule has 0 N–H and O–H groups in total. The van der Waals surface area contributed by atoms with E-state index in [0.717, 1.165) is 234 Å². The van der Waals surface area contributed by atoms with Gasteiger partial charge < -0.3 is 28.7 Å². The third-order valence-electron chi connectivity index (χ3n) is 29.2. The second kappa shape index (κ2) is 32.5. The molecule has 2 aliphatic carbocycles. The number of hydrogen-bond acceptors (Lipinski definition) is 14. The standard InChI is InChI=1S/C113H110N6O12/c1-11-13-16-30-72(31-17-14-12-2)116-106(120)82-40-34-76-78-36-42-84-95-85(43-37-79(93(78)95)77-35-41-83(107(116)121)94(82)92(76)77)110(124)118(109(84)123)74-54-68-50-64-26-24-28-66(102(64)128-60(3)4)52-70-56-75(57-71(105(70)131-63(9)10)53-67-29-25-27-65(103(67)129-61(5)6)51-69(55-74)104(68)130-62(7)8)119-111(125)87-45-39-81-98-90(114-46-20-21-47-114)58-88-96-86(108(122)117(112(88)126)73-32-18-15-19-33-73)44-38-80(100(96)98)99-91(115-48-22-23-49-115)59-89(113(119)127)97(87)101(81)99/h24-29,34-45,54-63,72-73H,11-23,30-33,46-53H2,1-10H3. The van der Waals surface area contributed by atoms with Crippen LogP contribution in [-0.2, 0) is 25.7 Å². The zero-order chi connectivity index (χ0) is 90.1. The Morgan fingerprint density at radius 3 is 0.954 bits per heavy atom. The summed E-state index contributed by atoms with van der Waals surface area (Å²) in [6.07, 6.45) is 15.4. The van der Waals surface area contributed by atoms with Gasteiger partial charge in [-0.15, -0.1) is 0 Å². The molecule has 8 bridgehead atoms. The lowest BCUT2D eigenvalue weighted by molar-refractivity contribution is 0.0493. The fourth-order valence-corrected chi connectivity index (χ4v) is 23.7. The summed E-state index contributed by atoms with van der Waals surface area (Å²) in [5.41, 5.74) is 12.1. The zero-order valence-electron chi connectivity index (χ0n) is 76.6. The third kappa shape index (κ3) is 13.3. The van der Waals surface area contributed by atoms with Crippen LogP contribution in [0.5, 0.6) is 23.0 Å². The summed E-state index contributed by atoms with van der Waals surface area (Å²) >= 11 is 0. The van der Waals surface area contributed by atoms with Crippen LogP contribution in [0.15, 0.2) is 146 Å². The monoisotopic (exact) mass is 1740 g/mol. The van der Waals surface area contributed by atoms with Gasteiger partial charge in [0.25, 0.3) is 47.3 Å². The lowest BCUT2D eigenvalue weighted by Crippen LogP contribution is -2.47. The molecule has 18 nitrogen and oxygen atoms in total. The number of nitrogens with zero attached hydrogens (tertiary/aromatic N) is 6. The highest BCUT2D eigenvalue weighted by atomic mass is 16.5. The van der Waals surface area contributed by atoms with Gasteiger partial charge in [-0.05, 0) is 245 Å². The predicted octanol–water partition coefficient (Wildman–Crippen LogP) is 24.5. The van der Waals surface area contributed by atoms with E-state index in [-0.39, 0.29) is 85.8 Å². The Balaban J connectivity index is 0.680. The second-order valence-corrected chi connectivity index (χ2v) is 39.1. The Bertz CT molecular complexity index is 7020. The smallest absolute Gasteiger partial charge is 0.266 e. The summed E-state index contributed by atoms with van der Waals surface area (Å²) in [4.78, 5) is 137. The number of carbonyl (C=O) groups excluding carboxylic acids is 8. The normalized spacial score (nSPS) is 16.7. The average Bonchev–Trinajstić information content (AvgIpc) is 1.20. The van der Waals surface area contributed by atoms with Crippen molar-refractivity contribution in [3.8, 4) is 23.0 Å². The van der Waals surface area contributed by atoms with E-state index in [1.165, 1.54) is 9.80 Å². The van der Waals surface area contributed by atoms with Crippen molar-refractivity contribution in [2.24, 2.45) is 0 Å². The van der Waals surface area contributed by atoms with Gasteiger partial charge in [-0.3, -0.25) is 48.2 Å². The lowest BCUT2D eigenvalue weighted by atomic mass is 9.80. The summed E-state index contributed by atoms with van der Waals surface area (Å²) in [5, 5.41) is 12.5. The molecular weight excluding hydrogens is 1630 g/mol. The molecular formula is C113H110N6O12. The molecule has 14 aromatic rings. The van der Waals surface area contributed by atoms with Crippen molar-refractivity contribution in [1.82, 2.24) is 9.80 Å². The van der Waals surface area contributed by atoms with Crippen molar-refractivity contribution < 1.29 is 57.3 Å². The first-order valence-electron chi connectivity index (χ1n) is 48.3. The van der Waals surface area contributed by atoms with E-state index in [4.69, 9.17) is 18.9 Å². The molecule has 0 spiro atoms. The number of fused-ring (bicyclic) bond motifs is 12. The molecule has 6 aliphatic heterocycles. The first kappa shape index (κ1) is 83.6. The summed E-state index contributed by atoms with van der Waals surface area (Å²) in [6.45, 7) is 23.4. The Labute approximate surface area is 762 Å². The van der Waals surface area contributed by atoms with Crippen LogP contribution in [0.2, 0.25) is 0 Å². The summed E-state index contributed by atoms with van der Waals surface area (Å²) in [5.74, 6) is -0.569. The van der Waals surface area contributed by atoms with Gasteiger partial charge in [0.2, 0.25) is 0 Å². The molecule has 0 aromatic heterocycles. The molecule has 3 fully saturated rings. The van der Waals surface area contributed by atoms with Crippen molar-refractivity contribution in [2.75, 3.05) is 45.8 Å². The molecule has 0 atom stereocenters. The minimum Gasteiger partial charge on any atom is -0.490 e. The number of imide groups is 4. The van der Waals surface area contributed by atoms with E-state index in [2.05, 4.69) is 54.0 Å². The summed E-state index contributed by atoms with van der Waals surface area (Å²) in [6, 6.07) is 47.0. The largest absolute Gasteiger partial charge is 0.490 e. The van der Waals surface area contributed by atoms with Crippen molar-refractivity contribution >= 4 is 156 Å². The van der Waals surface area contributed by atoms with Gasteiger partial charge in [0.15, 0.2) is 0 Å². The summed E-state index contributed by atoms with van der Waals surface area (Å²) in [7, 11) is 0. The topological polar surface area (TPSA) is 193 Å². The first-order valence-corrected chi connectivity index (χ1v) is 48.3. The number of unbranched alkanes of at least 4 members (excludes halogenated alkanes) is 4. The fraction of sp³-hybridized carbons (Fsp3) is 0.363. The quantitative estimate of drug-likeness (QED) is 0.0269. The lowest BCUT2D eigenvalue weighted by Gasteiger charge is -2.37. The van der Waals surface area contributed by atoms with E-state index in [1.807, 2.05) is 171 Å². The molecule has 131 heavy (non-hydrogen) atoms. The maximum Gasteiger partial charge on any atom is 0.266 e. The molecule has 14 aromatic carbocycles. The van der Waals surface area contributed by atoms with Gasteiger partial charge in [0, 0.05) is 174 Å². The minimum atomic E-state index is -0.497. The highest BCUT2D eigenvalue weighted by Gasteiger charge is 2.46. The molecule has 8 aliphatic rings.